The summed E-state index contributed by atoms with van der Waals surface area (Å²) in [4.78, 5) is 15.5. The monoisotopic (exact) mass is 487 g/mol. The summed E-state index contributed by atoms with van der Waals surface area (Å²) in [6, 6.07) is 40.2. The Morgan fingerprint density at radius 1 is 0.368 bits per heavy atom. The summed E-state index contributed by atoms with van der Waals surface area (Å²) in [5.74, 6) is 2.07. The van der Waals surface area contributed by atoms with Crippen LogP contribution in [0.3, 0.4) is 0 Å². The fourth-order valence-corrected chi connectivity index (χ4v) is 5.50. The van der Waals surface area contributed by atoms with Gasteiger partial charge in [0, 0.05) is 16.7 Å². The molecule has 0 aliphatic carbocycles. The summed E-state index contributed by atoms with van der Waals surface area (Å²) in [5, 5.41) is 6.91. The Morgan fingerprint density at radius 2 is 0.789 bits per heavy atom. The largest absolute Gasteiger partial charge is 0.208 e. The van der Waals surface area contributed by atoms with E-state index in [-0.39, 0.29) is 0 Å². The first-order valence-electron chi connectivity index (χ1n) is 12.9. The zero-order valence-electron chi connectivity index (χ0n) is 21.3. The quantitative estimate of drug-likeness (QED) is 0.250. The molecule has 0 atom stereocenters. The standard InChI is InChI=1S/C35H25N3/c1-22-18-20-25-11-4-7-15-28(25)31(22)34-36-33(30-17-9-13-24-10-3-6-14-27(24)30)37-35(38-34)32-23(2)19-21-26-12-5-8-16-29(26)32/h3-21H,1-2H3. The summed E-state index contributed by atoms with van der Waals surface area (Å²) in [7, 11) is 0. The van der Waals surface area contributed by atoms with Crippen LogP contribution < -0.4 is 0 Å². The number of nitrogens with zero attached hydrogens (tertiary/aromatic N) is 3. The highest BCUT2D eigenvalue weighted by Crippen LogP contribution is 2.36. The van der Waals surface area contributed by atoms with Crippen molar-refractivity contribution in [3.63, 3.8) is 0 Å². The molecule has 0 spiro atoms. The Bertz CT molecular complexity index is 1900. The average Bonchev–Trinajstić information content (AvgIpc) is 2.96. The highest BCUT2D eigenvalue weighted by atomic mass is 15.0. The maximum atomic E-state index is 5.18. The Kier molecular flexibility index (Phi) is 5.22. The molecule has 3 heteroatoms. The topological polar surface area (TPSA) is 38.7 Å². The lowest BCUT2D eigenvalue weighted by Crippen LogP contribution is -2.03. The molecular formula is C35H25N3. The van der Waals surface area contributed by atoms with E-state index in [1.165, 1.54) is 10.8 Å². The van der Waals surface area contributed by atoms with Crippen molar-refractivity contribution in [2.75, 3.05) is 0 Å². The van der Waals surface area contributed by atoms with Gasteiger partial charge in [-0.15, -0.1) is 0 Å². The van der Waals surface area contributed by atoms with Gasteiger partial charge in [-0.1, -0.05) is 115 Å². The third-order valence-corrected chi connectivity index (χ3v) is 7.39. The average molecular weight is 488 g/mol. The summed E-state index contributed by atoms with van der Waals surface area (Å²) < 4.78 is 0. The van der Waals surface area contributed by atoms with Crippen molar-refractivity contribution in [1.29, 1.82) is 0 Å². The molecule has 0 bridgehead atoms. The van der Waals surface area contributed by atoms with Crippen molar-refractivity contribution in [2.45, 2.75) is 13.8 Å². The molecule has 0 unspecified atom stereocenters. The number of fused-ring (bicyclic) bond motifs is 3. The van der Waals surface area contributed by atoms with Crippen LogP contribution in [0.5, 0.6) is 0 Å². The normalized spacial score (nSPS) is 11.4. The first kappa shape index (κ1) is 22.3. The van der Waals surface area contributed by atoms with E-state index in [0.29, 0.717) is 17.5 Å². The van der Waals surface area contributed by atoms with Gasteiger partial charge >= 0.3 is 0 Å². The van der Waals surface area contributed by atoms with Crippen LogP contribution in [0.15, 0.2) is 115 Å². The van der Waals surface area contributed by atoms with Gasteiger partial charge in [-0.2, -0.15) is 0 Å². The SMILES string of the molecule is Cc1ccc2ccccc2c1-c1nc(-c2cccc3ccccc23)nc(-c2c(C)ccc3ccccc23)n1. The maximum absolute atomic E-state index is 5.18. The molecule has 1 aromatic heterocycles. The summed E-state index contributed by atoms with van der Waals surface area (Å²) in [6.07, 6.45) is 0. The molecule has 1 heterocycles. The van der Waals surface area contributed by atoms with Crippen molar-refractivity contribution in [2.24, 2.45) is 0 Å². The van der Waals surface area contributed by atoms with Crippen LogP contribution in [0, 0.1) is 13.8 Å². The number of aryl methyl sites for hydroxylation is 2. The minimum atomic E-state index is 0.682. The molecule has 7 rings (SSSR count). The van der Waals surface area contributed by atoms with E-state index in [4.69, 9.17) is 15.0 Å². The Hall–Kier alpha value is -4.89. The molecule has 180 valence electrons. The second-order valence-corrected chi connectivity index (χ2v) is 9.79. The minimum Gasteiger partial charge on any atom is -0.208 e. The van der Waals surface area contributed by atoms with E-state index in [9.17, 15) is 0 Å². The minimum absolute atomic E-state index is 0.682. The van der Waals surface area contributed by atoms with Gasteiger partial charge in [0.05, 0.1) is 0 Å². The zero-order chi connectivity index (χ0) is 25.6. The van der Waals surface area contributed by atoms with Gasteiger partial charge in [0.1, 0.15) is 0 Å². The lowest BCUT2D eigenvalue weighted by molar-refractivity contribution is 1.07. The van der Waals surface area contributed by atoms with E-state index in [1.54, 1.807) is 0 Å². The Balaban J connectivity index is 1.60. The highest BCUT2D eigenvalue weighted by molar-refractivity contribution is 6.00. The van der Waals surface area contributed by atoms with Crippen LogP contribution in [0.25, 0.3) is 66.5 Å². The summed E-state index contributed by atoms with van der Waals surface area (Å²) in [6.45, 7) is 4.26. The second-order valence-electron chi connectivity index (χ2n) is 9.79. The zero-order valence-corrected chi connectivity index (χ0v) is 21.3. The van der Waals surface area contributed by atoms with E-state index in [2.05, 4.69) is 129 Å². The molecule has 38 heavy (non-hydrogen) atoms. The fraction of sp³-hybridized carbons (Fsp3) is 0.0571. The van der Waals surface area contributed by atoms with Gasteiger partial charge in [0.25, 0.3) is 0 Å². The van der Waals surface area contributed by atoms with Crippen molar-refractivity contribution in [3.8, 4) is 34.2 Å². The third-order valence-electron chi connectivity index (χ3n) is 7.39. The molecule has 0 aliphatic heterocycles. The molecule has 0 saturated heterocycles. The highest BCUT2D eigenvalue weighted by Gasteiger charge is 2.19. The van der Waals surface area contributed by atoms with E-state index in [0.717, 1.165) is 49.4 Å². The van der Waals surface area contributed by atoms with Crippen molar-refractivity contribution in [3.05, 3.63) is 126 Å². The predicted molar refractivity (Wildman–Crippen MR) is 158 cm³/mol. The first-order chi connectivity index (χ1) is 18.7. The van der Waals surface area contributed by atoms with Crippen LogP contribution >= 0.6 is 0 Å². The Morgan fingerprint density at radius 3 is 1.34 bits per heavy atom. The van der Waals surface area contributed by atoms with Gasteiger partial charge in [-0.05, 0) is 57.3 Å². The molecule has 0 saturated carbocycles. The molecule has 0 aliphatic rings. The smallest absolute Gasteiger partial charge is 0.164 e. The van der Waals surface area contributed by atoms with Crippen LogP contribution in [0.2, 0.25) is 0 Å². The summed E-state index contributed by atoms with van der Waals surface area (Å²) in [5.41, 5.74) is 5.37. The molecule has 3 nitrogen and oxygen atoms in total. The predicted octanol–water partition coefficient (Wildman–Crippen LogP) is 8.95. The van der Waals surface area contributed by atoms with Crippen molar-refractivity contribution < 1.29 is 0 Å². The van der Waals surface area contributed by atoms with Crippen molar-refractivity contribution in [1.82, 2.24) is 15.0 Å². The molecule has 0 amide bonds. The molecule has 0 radical (unpaired) electrons. The molecule has 6 aromatic carbocycles. The van der Waals surface area contributed by atoms with Gasteiger partial charge < -0.3 is 0 Å². The molecule has 7 aromatic rings. The van der Waals surface area contributed by atoms with Crippen LogP contribution in [0.1, 0.15) is 11.1 Å². The molecule has 0 fully saturated rings. The van der Waals surface area contributed by atoms with Crippen LogP contribution in [-0.2, 0) is 0 Å². The third kappa shape index (κ3) is 3.63. The van der Waals surface area contributed by atoms with Gasteiger partial charge in [0.2, 0.25) is 0 Å². The Labute approximate surface area is 221 Å². The number of benzene rings is 6. The van der Waals surface area contributed by atoms with E-state index in [1.807, 2.05) is 0 Å². The number of hydrogen-bond acceptors (Lipinski definition) is 3. The van der Waals surface area contributed by atoms with Gasteiger partial charge in [0.15, 0.2) is 17.5 Å². The number of rotatable bonds is 3. The van der Waals surface area contributed by atoms with E-state index >= 15 is 0 Å². The maximum Gasteiger partial charge on any atom is 0.164 e. The van der Waals surface area contributed by atoms with Crippen LogP contribution in [-0.4, -0.2) is 15.0 Å². The lowest BCUT2D eigenvalue weighted by Gasteiger charge is -2.15. The van der Waals surface area contributed by atoms with Gasteiger partial charge in [-0.3, -0.25) is 0 Å². The summed E-state index contributed by atoms with van der Waals surface area (Å²) >= 11 is 0. The fourth-order valence-electron chi connectivity index (χ4n) is 5.50. The number of hydrogen-bond donors (Lipinski definition) is 0. The second kappa shape index (κ2) is 8.89. The van der Waals surface area contributed by atoms with E-state index < -0.39 is 0 Å². The first-order valence-corrected chi connectivity index (χ1v) is 12.9. The lowest BCUT2D eigenvalue weighted by atomic mass is 9.97. The van der Waals surface area contributed by atoms with Gasteiger partial charge in [-0.25, -0.2) is 15.0 Å². The van der Waals surface area contributed by atoms with Crippen LogP contribution in [0.4, 0.5) is 0 Å². The molecular weight excluding hydrogens is 462 g/mol. The van der Waals surface area contributed by atoms with Crippen molar-refractivity contribution >= 4 is 32.3 Å². The number of aromatic nitrogens is 3. The molecule has 0 N–H and O–H groups in total.